The van der Waals surface area contributed by atoms with E-state index in [0.29, 0.717) is 19.3 Å². The number of hydrogen-bond donors (Lipinski definition) is 0. The first kappa shape index (κ1) is 56.4. The molecule has 2 atom stereocenters. The van der Waals surface area contributed by atoms with Crippen molar-refractivity contribution in [2.75, 3.05) is 13.2 Å². The molecule has 0 radical (unpaired) electrons. The van der Waals surface area contributed by atoms with Crippen molar-refractivity contribution in [1.82, 2.24) is 0 Å². The van der Waals surface area contributed by atoms with E-state index in [1.807, 2.05) is 0 Å². The molecule has 0 rings (SSSR count). The van der Waals surface area contributed by atoms with Gasteiger partial charge < -0.3 is 14.2 Å². The Kier molecular flexibility index (Phi) is 43.7. The first-order valence-corrected chi connectivity index (χ1v) is 25.8. The molecule has 58 heavy (non-hydrogen) atoms. The summed E-state index contributed by atoms with van der Waals surface area (Å²) in [6.07, 6.45) is 45.1. The molecular formula is C52H100O6. The second kappa shape index (κ2) is 44.9. The molecule has 344 valence electrons. The first-order chi connectivity index (χ1) is 28.3. The predicted octanol–water partition coefficient (Wildman–Crippen LogP) is 16.5. The van der Waals surface area contributed by atoms with Crippen LogP contribution in [-0.2, 0) is 28.6 Å². The van der Waals surface area contributed by atoms with Gasteiger partial charge in [-0.1, -0.05) is 247 Å². The van der Waals surface area contributed by atoms with Gasteiger partial charge in [0, 0.05) is 19.3 Å². The largest absolute Gasteiger partial charge is 0.462 e. The molecule has 6 nitrogen and oxygen atoms in total. The molecule has 0 saturated heterocycles. The number of unbranched alkanes of at least 4 members (excludes halogenated alkanes) is 30. The second-order valence-electron chi connectivity index (χ2n) is 18.5. The third-order valence-corrected chi connectivity index (χ3v) is 12.1. The maximum absolute atomic E-state index is 12.8. The normalized spacial score (nSPS) is 12.5. The van der Waals surface area contributed by atoms with Gasteiger partial charge >= 0.3 is 17.9 Å². The second-order valence-corrected chi connectivity index (χ2v) is 18.5. The highest BCUT2D eigenvalue weighted by atomic mass is 16.6. The molecule has 1 unspecified atom stereocenters. The Balaban J connectivity index is 4.28. The van der Waals surface area contributed by atoms with Crippen LogP contribution in [0.15, 0.2) is 0 Å². The van der Waals surface area contributed by atoms with Crippen LogP contribution in [-0.4, -0.2) is 37.2 Å². The van der Waals surface area contributed by atoms with Crippen LogP contribution in [0.4, 0.5) is 0 Å². The molecule has 0 aliphatic carbocycles. The van der Waals surface area contributed by atoms with Gasteiger partial charge in [0.15, 0.2) is 6.10 Å². The van der Waals surface area contributed by atoms with Crippen LogP contribution >= 0.6 is 0 Å². The van der Waals surface area contributed by atoms with Gasteiger partial charge in [-0.15, -0.1) is 0 Å². The number of rotatable bonds is 46. The van der Waals surface area contributed by atoms with E-state index in [1.165, 1.54) is 173 Å². The van der Waals surface area contributed by atoms with Crippen molar-refractivity contribution in [3.63, 3.8) is 0 Å². The zero-order valence-electron chi connectivity index (χ0n) is 39.7. The summed E-state index contributed by atoms with van der Waals surface area (Å²) in [6, 6.07) is 0. The quantitative estimate of drug-likeness (QED) is 0.0346. The van der Waals surface area contributed by atoms with Crippen LogP contribution in [0.3, 0.4) is 0 Å². The van der Waals surface area contributed by atoms with E-state index in [2.05, 4.69) is 34.6 Å². The Morgan fingerprint density at radius 1 is 0.362 bits per heavy atom. The number of carbonyl (C=O) groups is 3. The minimum Gasteiger partial charge on any atom is -0.462 e. The van der Waals surface area contributed by atoms with Crippen molar-refractivity contribution in [3.8, 4) is 0 Å². The summed E-state index contributed by atoms with van der Waals surface area (Å²) in [5.41, 5.74) is 0. The summed E-state index contributed by atoms with van der Waals surface area (Å²) < 4.78 is 16.8. The lowest BCUT2D eigenvalue weighted by atomic mass is 9.99. The lowest BCUT2D eigenvalue weighted by Gasteiger charge is -2.18. The fourth-order valence-corrected chi connectivity index (χ4v) is 7.78. The highest BCUT2D eigenvalue weighted by Gasteiger charge is 2.19. The topological polar surface area (TPSA) is 78.9 Å². The van der Waals surface area contributed by atoms with Crippen LogP contribution in [0.5, 0.6) is 0 Å². The zero-order valence-corrected chi connectivity index (χ0v) is 39.7. The minimum absolute atomic E-state index is 0.0640. The average Bonchev–Trinajstić information content (AvgIpc) is 3.21. The minimum atomic E-state index is -0.761. The van der Waals surface area contributed by atoms with Crippen LogP contribution in [0.1, 0.15) is 285 Å². The highest BCUT2D eigenvalue weighted by molar-refractivity contribution is 5.71. The van der Waals surface area contributed by atoms with Gasteiger partial charge in [-0.05, 0) is 31.1 Å². The SMILES string of the molecule is CCCCCCCCCCCCC(=O)OC[C@H](COC(=O)CCCCCCCCCCCC(C)C)OC(=O)CCCCCCCCCCCCCCCCC(C)CC. The van der Waals surface area contributed by atoms with Gasteiger partial charge in [0.25, 0.3) is 0 Å². The first-order valence-electron chi connectivity index (χ1n) is 25.8. The number of esters is 3. The third kappa shape index (κ3) is 44.0. The van der Waals surface area contributed by atoms with Crippen molar-refractivity contribution >= 4 is 17.9 Å². The summed E-state index contributed by atoms with van der Waals surface area (Å²) in [5.74, 6) is 0.852. The maximum atomic E-state index is 12.8. The molecule has 0 aliphatic rings. The number of carbonyl (C=O) groups excluding carboxylic acids is 3. The van der Waals surface area contributed by atoms with E-state index in [-0.39, 0.29) is 31.1 Å². The molecule has 0 N–H and O–H groups in total. The summed E-state index contributed by atoms with van der Waals surface area (Å²) >= 11 is 0. The van der Waals surface area contributed by atoms with Crippen LogP contribution < -0.4 is 0 Å². The molecule has 0 amide bonds. The van der Waals surface area contributed by atoms with Crippen LogP contribution in [0, 0.1) is 11.8 Å². The van der Waals surface area contributed by atoms with E-state index >= 15 is 0 Å². The molecule has 0 aromatic carbocycles. The summed E-state index contributed by atoms with van der Waals surface area (Å²) in [6.45, 7) is 11.4. The fraction of sp³-hybridized carbons (Fsp3) is 0.942. The Hall–Kier alpha value is -1.59. The molecule has 6 heteroatoms. The van der Waals surface area contributed by atoms with Crippen LogP contribution in [0.2, 0.25) is 0 Å². The van der Waals surface area contributed by atoms with E-state index in [0.717, 1.165) is 69.6 Å². The van der Waals surface area contributed by atoms with Crippen LogP contribution in [0.25, 0.3) is 0 Å². The molecule has 0 bridgehead atoms. The highest BCUT2D eigenvalue weighted by Crippen LogP contribution is 2.18. The van der Waals surface area contributed by atoms with Crippen molar-refractivity contribution < 1.29 is 28.6 Å². The van der Waals surface area contributed by atoms with Gasteiger partial charge in [-0.2, -0.15) is 0 Å². The molecule has 0 saturated carbocycles. The zero-order chi connectivity index (χ0) is 42.6. The fourth-order valence-electron chi connectivity index (χ4n) is 7.78. The van der Waals surface area contributed by atoms with Crippen molar-refractivity contribution in [2.45, 2.75) is 291 Å². The van der Waals surface area contributed by atoms with E-state index in [9.17, 15) is 14.4 Å². The number of hydrogen-bond acceptors (Lipinski definition) is 6. The third-order valence-electron chi connectivity index (χ3n) is 12.1. The van der Waals surface area contributed by atoms with Gasteiger partial charge in [0.2, 0.25) is 0 Å². The smallest absolute Gasteiger partial charge is 0.306 e. The van der Waals surface area contributed by atoms with Gasteiger partial charge in [-0.3, -0.25) is 14.4 Å². The lowest BCUT2D eigenvalue weighted by molar-refractivity contribution is -0.167. The Morgan fingerprint density at radius 3 is 0.983 bits per heavy atom. The van der Waals surface area contributed by atoms with Crippen molar-refractivity contribution in [2.24, 2.45) is 11.8 Å². The molecule has 0 aliphatic heterocycles. The van der Waals surface area contributed by atoms with Crippen molar-refractivity contribution in [3.05, 3.63) is 0 Å². The molecule has 0 aromatic rings. The van der Waals surface area contributed by atoms with Gasteiger partial charge in [-0.25, -0.2) is 0 Å². The van der Waals surface area contributed by atoms with E-state index in [1.54, 1.807) is 0 Å². The summed E-state index contributed by atoms with van der Waals surface area (Å²) in [5, 5.41) is 0. The predicted molar refractivity (Wildman–Crippen MR) is 247 cm³/mol. The van der Waals surface area contributed by atoms with Crippen molar-refractivity contribution in [1.29, 1.82) is 0 Å². The lowest BCUT2D eigenvalue weighted by Crippen LogP contribution is -2.30. The molecule has 0 heterocycles. The van der Waals surface area contributed by atoms with E-state index in [4.69, 9.17) is 14.2 Å². The van der Waals surface area contributed by atoms with Gasteiger partial charge in [0.05, 0.1) is 0 Å². The molecule has 0 fully saturated rings. The molecule has 0 aromatic heterocycles. The number of ether oxygens (including phenoxy) is 3. The molecular weight excluding hydrogens is 721 g/mol. The van der Waals surface area contributed by atoms with E-state index < -0.39 is 6.10 Å². The Bertz CT molecular complexity index is 887. The summed E-state index contributed by atoms with van der Waals surface area (Å²) in [7, 11) is 0. The van der Waals surface area contributed by atoms with Gasteiger partial charge in [0.1, 0.15) is 13.2 Å². The Morgan fingerprint density at radius 2 is 0.655 bits per heavy atom. The maximum Gasteiger partial charge on any atom is 0.306 e. The molecule has 0 spiro atoms. The summed E-state index contributed by atoms with van der Waals surface area (Å²) in [4.78, 5) is 37.9. The standard InChI is InChI=1S/C52H100O6/c1-6-8-9-10-11-12-22-27-32-37-42-50(53)56-45-49(46-57-51(54)43-38-33-28-24-19-20-25-30-35-40-47(3)4)58-52(55)44-39-34-29-23-18-16-14-13-15-17-21-26-31-36-41-48(5)7-2/h47-49H,6-46H2,1-5H3/t48?,49-/m1/s1. The monoisotopic (exact) mass is 821 g/mol. The Labute approximate surface area is 361 Å². The average molecular weight is 821 g/mol.